The molecule has 1 N–H and O–H groups in total. The van der Waals surface area contributed by atoms with Gasteiger partial charge in [-0.25, -0.2) is 4.98 Å². The molecule has 0 aliphatic carbocycles. The molecular formula is C18H21BrN4O2S. The molecule has 1 aromatic carbocycles. The number of morpholine rings is 1. The second-order valence-electron chi connectivity index (χ2n) is 6.81. The molecule has 3 aromatic rings. The van der Waals surface area contributed by atoms with Crippen LogP contribution in [0.5, 0.6) is 5.88 Å². The molecule has 1 fully saturated rings. The normalized spacial score (nSPS) is 22.8. The van der Waals surface area contributed by atoms with E-state index in [0.29, 0.717) is 10.8 Å². The molecule has 0 saturated carbocycles. The molecule has 8 heteroatoms. The number of ether oxygens (including phenoxy) is 1. The zero-order valence-electron chi connectivity index (χ0n) is 14.9. The van der Waals surface area contributed by atoms with Crippen molar-refractivity contribution in [2.45, 2.75) is 39.0 Å². The van der Waals surface area contributed by atoms with Gasteiger partial charge in [0.1, 0.15) is 5.82 Å². The average molecular weight is 437 g/mol. The minimum absolute atomic E-state index is 0.0740. The van der Waals surface area contributed by atoms with Crippen LogP contribution in [0.1, 0.15) is 36.2 Å². The fraction of sp³-hybridized carbons (Fsp3) is 0.444. The Bertz CT molecular complexity index is 931. The molecule has 1 saturated heterocycles. The fourth-order valence-electron chi connectivity index (χ4n) is 3.66. The highest BCUT2D eigenvalue weighted by atomic mass is 79.9. The van der Waals surface area contributed by atoms with Crippen LogP contribution in [0, 0.1) is 6.92 Å². The predicted octanol–water partition coefficient (Wildman–Crippen LogP) is 3.77. The zero-order chi connectivity index (χ0) is 18.4. The van der Waals surface area contributed by atoms with E-state index >= 15 is 0 Å². The van der Waals surface area contributed by atoms with E-state index in [1.165, 1.54) is 15.9 Å². The average Bonchev–Trinajstić information content (AvgIpc) is 3.05. The van der Waals surface area contributed by atoms with Crippen molar-refractivity contribution in [3.05, 3.63) is 45.0 Å². The Labute approximate surface area is 164 Å². The Morgan fingerprint density at radius 1 is 1.31 bits per heavy atom. The van der Waals surface area contributed by atoms with E-state index < -0.39 is 0 Å². The standard InChI is InChI=1S/C18H21BrN4O2S/c1-10-8-22(9-11(2)25-10)15(13-5-4-6-14(19)7-13)16-17(24)23-18(26-16)20-12(3)21-23/h4-7,10-11,15,24H,8-9H2,1-3H3/t10-,11+,15-/m0/s1. The predicted molar refractivity (Wildman–Crippen MR) is 105 cm³/mol. The summed E-state index contributed by atoms with van der Waals surface area (Å²) in [5.74, 6) is 0.827. The van der Waals surface area contributed by atoms with Gasteiger partial charge < -0.3 is 9.84 Å². The van der Waals surface area contributed by atoms with Crippen molar-refractivity contribution < 1.29 is 9.84 Å². The van der Waals surface area contributed by atoms with E-state index in [2.05, 4.69) is 56.9 Å². The van der Waals surface area contributed by atoms with E-state index in [4.69, 9.17) is 4.74 Å². The largest absolute Gasteiger partial charge is 0.492 e. The first-order chi connectivity index (χ1) is 12.4. The number of aromatic hydroxyl groups is 1. The fourth-order valence-corrected chi connectivity index (χ4v) is 5.24. The maximum Gasteiger partial charge on any atom is 0.230 e. The lowest BCUT2D eigenvalue weighted by Gasteiger charge is -2.40. The zero-order valence-corrected chi connectivity index (χ0v) is 17.3. The second-order valence-corrected chi connectivity index (χ2v) is 8.74. The summed E-state index contributed by atoms with van der Waals surface area (Å²) in [6, 6.07) is 8.17. The summed E-state index contributed by atoms with van der Waals surface area (Å²) in [6.45, 7) is 7.61. The van der Waals surface area contributed by atoms with E-state index in [-0.39, 0.29) is 24.1 Å². The second kappa shape index (κ2) is 6.92. The number of hydrogen-bond acceptors (Lipinski definition) is 6. The van der Waals surface area contributed by atoms with Crippen LogP contribution >= 0.6 is 27.3 Å². The summed E-state index contributed by atoms with van der Waals surface area (Å²) in [6.07, 6.45) is 0.278. The van der Waals surface area contributed by atoms with Crippen molar-refractivity contribution in [3.8, 4) is 5.88 Å². The first-order valence-corrected chi connectivity index (χ1v) is 10.2. The molecule has 0 spiro atoms. The van der Waals surface area contributed by atoms with Crippen molar-refractivity contribution in [1.82, 2.24) is 19.5 Å². The number of thiazole rings is 1. The molecule has 1 aliphatic heterocycles. The summed E-state index contributed by atoms with van der Waals surface area (Å²) in [5, 5.41) is 15.2. The van der Waals surface area contributed by atoms with Gasteiger partial charge in [0.05, 0.1) is 23.1 Å². The third-order valence-electron chi connectivity index (χ3n) is 4.53. The van der Waals surface area contributed by atoms with Gasteiger partial charge in [-0.3, -0.25) is 4.90 Å². The van der Waals surface area contributed by atoms with Crippen LogP contribution in [0.25, 0.3) is 4.96 Å². The van der Waals surface area contributed by atoms with E-state index in [1.54, 1.807) is 0 Å². The Kier molecular flexibility index (Phi) is 4.77. The van der Waals surface area contributed by atoms with Crippen LogP contribution in [0.15, 0.2) is 28.7 Å². The van der Waals surface area contributed by atoms with Crippen molar-refractivity contribution in [2.24, 2.45) is 0 Å². The van der Waals surface area contributed by atoms with Gasteiger partial charge in [-0.05, 0) is 38.5 Å². The summed E-state index contributed by atoms with van der Waals surface area (Å²) >= 11 is 5.06. The molecule has 3 atom stereocenters. The number of aryl methyl sites for hydroxylation is 1. The van der Waals surface area contributed by atoms with E-state index in [1.807, 2.05) is 19.1 Å². The molecule has 0 unspecified atom stereocenters. The topological polar surface area (TPSA) is 62.9 Å². The maximum absolute atomic E-state index is 10.9. The van der Waals surface area contributed by atoms with Crippen LogP contribution in [0.2, 0.25) is 0 Å². The van der Waals surface area contributed by atoms with Gasteiger partial charge in [-0.15, -0.1) is 5.10 Å². The first-order valence-electron chi connectivity index (χ1n) is 8.62. The summed E-state index contributed by atoms with van der Waals surface area (Å²) in [7, 11) is 0. The van der Waals surface area contributed by atoms with Gasteiger partial charge in [0.15, 0.2) is 0 Å². The molecule has 0 radical (unpaired) electrons. The van der Waals surface area contributed by atoms with Crippen LogP contribution in [-0.4, -0.2) is 49.9 Å². The van der Waals surface area contributed by atoms with Gasteiger partial charge in [-0.1, -0.05) is 39.4 Å². The molecule has 138 valence electrons. The minimum Gasteiger partial charge on any atom is -0.492 e. The number of halogens is 1. The number of fused-ring (bicyclic) bond motifs is 1. The van der Waals surface area contributed by atoms with Gasteiger partial charge in [0.25, 0.3) is 0 Å². The number of nitrogens with zero attached hydrogens (tertiary/aromatic N) is 4. The molecule has 4 rings (SSSR count). The van der Waals surface area contributed by atoms with Crippen LogP contribution in [0.4, 0.5) is 0 Å². The molecule has 3 heterocycles. The highest BCUT2D eigenvalue weighted by Crippen LogP contribution is 2.41. The van der Waals surface area contributed by atoms with Gasteiger partial charge >= 0.3 is 0 Å². The molecule has 2 aromatic heterocycles. The molecule has 26 heavy (non-hydrogen) atoms. The minimum atomic E-state index is -0.0740. The lowest BCUT2D eigenvalue weighted by molar-refractivity contribution is -0.0764. The number of benzene rings is 1. The smallest absolute Gasteiger partial charge is 0.230 e. The SMILES string of the molecule is Cc1nc2sc([C@H](c3cccc(Br)c3)N3C[C@@H](C)O[C@@H](C)C3)c(O)n2n1. The summed E-state index contributed by atoms with van der Waals surface area (Å²) in [4.78, 5) is 8.37. The van der Waals surface area contributed by atoms with Gasteiger partial charge in [-0.2, -0.15) is 4.52 Å². The molecular weight excluding hydrogens is 416 g/mol. The quantitative estimate of drug-likeness (QED) is 0.676. The molecule has 0 amide bonds. The highest BCUT2D eigenvalue weighted by molar-refractivity contribution is 9.10. The third kappa shape index (κ3) is 3.26. The lowest BCUT2D eigenvalue weighted by atomic mass is 10.0. The van der Waals surface area contributed by atoms with E-state index in [9.17, 15) is 5.11 Å². The van der Waals surface area contributed by atoms with Crippen LogP contribution < -0.4 is 0 Å². The number of rotatable bonds is 3. The van der Waals surface area contributed by atoms with Gasteiger partial charge in [0.2, 0.25) is 10.8 Å². The first kappa shape index (κ1) is 17.9. The Morgan fingerprint density at radius 3 is 2.69 bits per heavy atom. The van der Waals surface area contributed by atoms with Crippen molar-refractivity contribution in [3.63, 3.8) is 0 Å². The van der Waals surface area contributed by atoms with Crippen molar-refractivity contribution in [1.29, 1.82) is 0 Å². The Balaban J connectivity index is 1.84. The molecule has 1 aliphatic rings. The Hall–Kier alpha value is -1.48. The number of hydrogen-bond donors (Lipinski definition) is 1. The summed E-state index contributed by atoms with van der Waals surface area (Å²) in [5.41, 5.74) is 1.12. The Morgan fingerprint density at radius 2 is 2.04 bits per heavy atom. The highest BCUT2D eigenvalue weighted by Gasteiger charge is 2.34. The lowest BCUT2D eigenvalue weighted by Crippen LogP contribution is -2.47. The maximum atomic E-state index is 10.9. The van der Waals surface area contributed by atoms with E-state index in [0.717, 1.165) is 28.0 Å². The molecule has 0 bridgehead atoms. The van der Waals surface area contributed by atoms with Gasteiger partial charge in [0, 0.05) is 17.6 Å². The van der Waals surface area contributed by atoms with Crippen molar-refractivity contribution >= 4 is 32.2 Å². The molecule has 6 nitrogen and oxygen atoms in total. The van der Waals surface area contributed by atoms with Crippen LogP contribution in [0.3, 0.4) is 0 Å². The monoisotopic (exact) mass is 436 g/mol. The van der Waals surface area contributed by atoms with Crippen molar-refractivity contribution in [2.75, 3.05) is 13.1 Å². The third-order valence-corrected chi connectivity index (χ3v) is 6.10. The van der Waals surface area contributed by atoms with Crippen LogP contribution in [-0.2, 0) is 4.74 Å². The number of aromatic nitrogens is 3. The summed E-state index contributed by atoms with van der Waals surface area (Å²) < 4.78 is 8.47.